The minimum absolute atomic E-state index is 0. The van der Waals surface area contributed by atoms with Crippen molar-refractivity contribution in [3.05, 3.63) is 35.9 Å². The van der Waals surface area contributed by atoms with Crippen LogP contribution in [0.4, 0.5) is 0 Å². The van der Waals surface area contributed by atoms with Gasteiger partial charge in [0.1, 0.15) is 0 Å². The highest BCUT2D eigenvalue weighted by Crippen LogP contribution is 2.27. The van der Waals surface area contributed by atoms with Gasteiger partial charge in [0.15, 0.2) is 0 Å². The molecule has 1 saturated carbocycles. The first-order chi connectivity index (χ1) is 11.3. The molecule has 1 heterocycles. The van der Waals surface area contributed by atoms with Crippen LogP contribution < -0.4 is 10.6 Å². The SMILES string of the molecule is Cl.O=C(CC1COCCN1)NC1CCCCC1Cc1ccccc1. The van der Waals surface area contributed by atoms with Crippen molar-refractivity contribution in [3.63, 3.8) is 0 Å². The summed E-state index contributed by atoms with van der Waals surface area (Å²) in [6, 6.07) is 11.1. The van der Waals surface area contributed by atoms with Crippen molar-refractivity contribution in [2.24, 2.45) is 5.92 Å². The number of nitrogens with one attached hydrogen (secondary N) is 2. The fraction of sp³-hybridized carbons (Fsp3) is 0.632. The number of benzene rings is 1. The van der Waals surface area contributed by atoms with Crippen LogP contribution in [-0.2, 0) is 16.0 Å². The molecule has 3 rings (SSSR count). The molecule has 1 aromatic carbocycles. The largest absolute Gasteiger partial charge is 0.378 e. The molecule has 0 bridgehead atoms. The first-order valence-corrected chi connectivity index (χ1v) is 8.95. The number of rotatable bonds is 5. The van der Waals surface area contributed by atoms with Crippen LogP contribution in [0.2, 0.25) is 0 Å². The van der Waals surface area contributed by atoms with Crippen LogP contribution in [0.25, 0.3) is 0 Å². The van der Waals surface area contributed by atoms with E-state index < -0.39 is 0 Å². The van der Waals surface area contributed by atoms with E-state index in [2.05, 4.69) is 41.0 Å². The molecule has 1 aliphatic heterocycles. The monoisotopic (exact) mass is 352 g/mol. The molecule has 2 aliphatic rings. The molecule has 1 amide bonds. The van der Waals surface area contributed by atoms with Crippen LogP contribution in [0.1, 0.15) is 37.7 Å². The van der Waals surface area contributed by atoms with Crippen molar-refractivity contribution in [2.75, 3.05) is 19.8 Å². The fourth-order valence-electron chi connectivity index (χ4n) is 3.80. The van der Waals surface area contributed by atoms with Crippen molar-refractivity contribution < 1.29 is 9.53 Å². The Kier molecular flexibility index (Phi) is 8.03. The van der Waals surface area contributed by atoms with Crippen molar-refractivity contribution in [1.29, 1.82) is 0 Å². The summed E-state index contributed by atoms with van der Waals surface area (Å²) in [5, 5.41) is 6.65. The van der Waals surface area contributed by atoms with E-state index in [0.29, 0.717) is 25.0 Å². The lowest BCUT2D eigenvalue weighted by Crippen LogP contribution is -2.48. The molecule has 24 heavy (non-hydrogen) atoms. The second-order valence-corrected chi connectivity index (χ2v) is 6.84. The molecule has 1 aromatic rings. The lowest BCUT2D eigenvalue weighted by Gasteiger charge is -2.33. The first-order valence-electron chi connectivity index (χ1n) is 8.95. The molecule has 1 aliphatic carbocycles. The van der Waals surface area contributed by atoms with E-state index in [-0.39, 0.29) is 24.4 Å². The minimum atomic E-state index is 0. The third-order valence-corrected chi connectivity index (χ3v) is 5.03. The van der Waals surface area contributed by atoms with E-state index >= 15 is 0 Å². The molecule has 2 N–H and O–H groups in total. The second kappa shape index (κ2) is 10.0. The highest BCUT2D eigenvalue weighted by molar-refractivity contribution is 5.85. The van der Waals surface area contributed by atoms with E-state index in [9.17, 15) is 4.79 Å². The lowest BCUT2D eigenvalue weighted by atomic mass is 9.80. The maximum Gasteiger partial charge on any atom is 0.221 e. The summed E-state index contributed by atoms with van der Waals surface area (Å²) in [7, 11) is 0. The number of hydrogen-bond donors (Lipinski definition) is 2. The molecule has 0 spiro atoms. The smallest absolute Gasteiger partial charge is 0.221 e. The molecule has 3 unspecified atom stereocenters. The van der Waals surface area contributed by atoms with Gasteiger partial charge < -0.3 is 15.4 Å². The van der Waals surface area contributed by atoms with E-state index in [1.165, 1.54) is 24.8 Å². The highest BCUT2D eigenvalue weighted by Gasteiger charge is 2.27. The summed E-state index contributed by atoms with van der Waals surface area (Å²) in [6.45, 7) is 2.24. The van der Waals surface area contributed by atoms with Gasteiger partial charge in [-0.1, -0.05) is 43.2 Å². The third kappa shape index (κ3) is 5.76. The molecule has 5 heteroatoms. The highest BCUT2D eigenvalue weighted by atomic mass is 35.5. The van der Waals surface area contributed by atoms with Crippen molar-refractivity contribution >= 4 is 18.3 Å². The van der Waals surface area contributed by atoms with Crippen LogP contribution >= 0.6 is 12.4 Å². The number of morpholine rings is 1. The van der Waals surface area contributed by atoms with Crippen molar-refractivity contribution in [1.82, 2.24) is 10.6 Å². The van der Waals surface area contributed by atoms with E-state index in [4.69, 9.17) is 4.74 Å². The zero-order valence-corrected chi connectivity index (χ0v) is 15.0. The van der Waals surface area contributed by atoms with Gasteiger partial charge in [0.25, 0.3) is 0 Å². The second-order valence-electron chi connectivity index (χ2n) is 6.84. The van der Waals surface area contributed by atoms with Crippen LogP contribution in [0.5, 0.6) is 0 Å². The van der Waals surface area contributed by atoms with E-state index in [1.54, 1.807) is 0 Å². The van der Waals surface area contributed by atoms with Crippen LogP contribution in [-0.4, -0.2) is 37.7 Å². The van der Waals surface area contributed by atoms with Gasteiger partial charge in [0, 0.05) is 25.0 Å². The topological polar surface area (TPSA) is 50.4 Å². The summed E-state index contributed by atoms with van der Waals surface area (Å²) >= 11 is 0. The van der Waals surface area contributed by atoms with Gasteiger partial charge in [0.2, 0.25) is 5.91 Å². The summed E-state index contributed by atoms with van der Waals surface area (Å²) in [4.78, 5) is 12.4. The predicted octanol–water partition coefficient (Wildman–Crippen LogP) is 2.70. The summed E-state index contributed by atoms with van der Waals surface area (Å²) in [5.74, 6) is 0.726. The number of hydrogen-bond acceptors (Lipinski definition) is 3. The normalized spacial score (nSPS) is 27.1. The standard InChI is InChI=1S/C19H28N2O2.ClH/c22-19(13-17-14-23-11-10-20-17)21-18-9-5-4-8-16(18)12-15-6-2-1-3-7-15;/h1-3,6-7,16-18,20H,4-5,8-14H2,(H,21,22);1H. The number of ether oxygens (including phenoxy) is 1. The fourth-order valence-corrected chi connectivity index (χ4v) is 3.80. The molecule has 0 aromatic heterocycles. The average Bonchev–Trinajstić information content (AvgIpc) is 2.58. The van der Waals surface area contributed by atoms with Crippen molar-refractivity contribution in [2.45, 2.75) is 50.6 Å². The van der Waals surface area contributed by atoms with Crippen LogP contribution in [0.3, 0.4) is 0 Å². The van der Waals surface area contributed by atoms with Gasteiger partial charge >= 0.3 is 0 Å². The van der Waals surface area contributed by atoms with E-state index in [0.717, 1.165) is 26.0 Å². The first kappa shape index (κ1) is 19.2. The maximum absolute atomic E-state index is 12.4. The van der Waals surface area contributed by atoms with Crippen molar-refractivity contribution in [3.8, 4) is 0 Å². The summed E-state index contributed by atoms with van der Waals surface area (Å²) in [5.41, 5.74) is 1.38. The molecule has 134 valence electrons. The molecule has 2 fully saturated rings. The van der Waals surface area contributed by atoms with Gasteiger partial charge in [0.05, 0.1) is 13.2 Å². The molecule has 1 saturated heterocycles. The lowest BCUT2D eigenvalue weighted by molar-refractivity contribution is -0.123. The summed E-state index contributed by atoms with van der Waals surface area (Å²) < 4.78 is 5.43. The van der Waals surface area contributed by atoms with Gasteiger partial charge in [-0.2, -0.15) is 0 Å². The Bertz CT molecular complexity index is 491. The Hall–Kier alpha value is -1.10. The Morgan fingerprint density at radius 2 is 2.00 bits per heavy atom. The van der Waals surface area contributed by atoms with Crippen LogP contribution in [0.15, 0.2) is 30.3 Å². The quantitative estimate of drug-likeness (QED) is 0.856. The Morgan fingerprint density at radius 1 is 1.21 bits per heavy atom. The Labute approximate surface area is 151 Å². The summed E-state index contributed by atoms with van der Waals surface area (Å²) in [6.07, 6.45) is 6.41. The third-order valence-electron chi connectivity index (χ3n) is 5.03. The number of carbonyl (C=O) groups is 1. The Morgan fingerprint density at radius 3 is 2.75 bits per heavy atom. The zero-order valence-electron chi connectivity index (χ0n) is 14.2. The molecular formula is C19H29ClN2O2. The number of amides is 1. The molecule has 4 nitrogen and oxygen atoms in total. The average molecular weight is 353 g/mol. The number of carbonyl (C=O) groups excluding carboxylic acids is 1. The minimum Gasteiger partial charge on any atom is -0.378 e. The van der Waals surface area contributed by atoms with Gasteiger partial charge in [-0.3, -0.25) is 4.79 Å². The van der Waals surface area contributed by atoms with Crippen LogP contribution in [0, 0.1) is 5.92 Å². The Balaban J connectivity index is 0.00000208. The van der Waals surface area contributed by atoms with Gasteiger partial charge in [-0.05, 0) is 30.7 Å². The zero-order chi connectivity index (χ0) is 15.9. The van der Waals surface area contributed by atoms with E-state index in [1.807, 2.05) is 0 Å². The number of halogens is 1. The molecule has 3 atom stereocenters. The predicted molar refractivity (Wildman–Crippen MR) is 98.5 cm³/mol. The van der Waals surface area contributed by atoms with Gasteiger partial charge in [-0.25, -0.2) is 0 Å². The van der Waals surface area contributed by atoms with Gasteiger partial charge in [-0.15, -0.1) is 12.4 Å². The molecule has 0 radical (unpaired) electrons. The molecular weight excluding hydrogens is 324 g/mol. The maximum atomic E-state index is 12.4.